The molecule has 0 amide bonds. The van der Waals surface area contributed by atoms with Crippen LogP contribution in [0.4, 0.5) is 0 Å². The van der Waals surface area contributed by atoms with Gasteiger partial charge in [-0.1, -0.05) is 19.1 Å². The summed E-state index contributed by atoms with van der Waals surface area (Å²) in [6, 6.07) is 5.30. The third kappa shape index (κ3) is 3.78. The fourth-order valence-corrected chi connectivity index (χ4v) is 2.85. The van der Waals surface area contributed by atoms with E-state index in [1.165, 1.54) is 14.0 Å². The number of benzene rings is 1. The molecule has 0 saturated heterocycles. The fraction of sp³-hybridized carbons (Fsp3) is 0.529. The van der Waals surface area contributed by atoms with Crippen LogP contribution < -0.4 is 0 Å². The van der Waals surface area contributed by atoms with E-state index in [9.17, 15) is 14.7 Å². The molecule has 1 aliphatic carbocycles. The Balaban J connectivity index is 2.20. The number of hydrogen-bond acceptors (Lipinski definition) is 5. The minimum atomic E-state index is -0.390. The Bertz CT molecular complexity index is 562. The number of aromatic hydroxyl groups is 1. The summed E-state index contributed by atoms with van der Waals surface area (Å²) in [5.74, 6) is -0.300. The molecule has 1 fully saturated rings. The highest BCUT2D eigenvalue weighted by atomic mass is 16.5. The van der Waals surface area contributed by atoms with E-state index in [0.29, 0.717) is 11.5 Å². The Morgan fingerprint density at radius 2 is 2.05 bits per heavy atom. The van der Waals surface area contributed by atoms with Crippen LogP contribution in [0.1, 0.15) is 43.7 Å². The first-order valence-electron chi connectivity index (χ1n) is 7.47. The molecule has 0 radical (unpaired) electrons. The van der Waals surface area contributed by atoms with Crippen molar-refractivity contribution in [3.8, 4) is 5.75 Å². The number of ether oxygens (including phenoxy) is 2. The molecule has 0 aliphatic heterocycles. The fourth-order valence-electron chi connectivity index (χ4n) is 2.85. The van der Waals surface area contributed by atoms with Gasteiger partial charge in [-0.3, -0.25) is 9.59 Å². The van der Waals surface area contributed by atoms with E-state index >= 15 is 0 Å². The maximum absolute atomic E-state index is 11.8. The molecule has 0 spiro atoms. The number of phenols is 1. The summed E-state index contributed by atoms with van der Waals surface area (Å²) >= 11 is 0. The molecular weight excluding hydrogens is 284 g/mol. The van der Waals surface area contributed by atoms with Gasteiger partial charge in [-0.05, 0) is 36.3 Å². The maximum atomic E-state index is 11.8. The van der Waals surface area contributed by atoms with E-state index in [0.717, 1.165) is 18.4 Å². The molecule has 22 heavy (non-hydrogen) atoms. The quantitative estimate of drug-likeness (QED) is 0.818. The smallest absolute Gasteiger partial charge is 0.309 e. The third-order valence-electron chi connectivity index (χ3n) is 4.17. The van der Waals surface area contributed by atoms with Gasteiger partial charge >= 0.3 is 11.9 Å². The third-order valence-corrected chi connectivity index (χ3v) is 4.17. The van der Waals surface area contributed by atoms with Gasteiger partial charge < -0.3 is 14.6 Å². The SMILES string of the molecule is COC(=O)[C@@H](C)C(c1ccc(COC(C)=O)c(O)c1)C1CC1. The normalized spacial score (nSPS) is 16.7. The Morgan fingerprint density at radius 3 is 2.55 bits per heavy atom. The first-order valence-corrected chi connectivity index (χ1v) is 7.47. The van der Waals surface area contributed by atoms with Gasteiger partial charge in [0.25, 0.3) is 0 Å². The van der Waals surface area contributed by atoms with Crippen LogP contribution >= 0.6 is 0 Å². The summed E-state index contributed by atoms with van der Waals surface area (Å²) in [4.78, 5) is 22.7. The van der Waals surface area contributed by atoms with Crippen molar-refractivity contribution in [3.63, 3.8) is 0 Å². The van der Waals surface area contributed by atoms with E-state index in [-0.39, 0.29) is 30.2 Å². The number of hydrogen-bond donors (Lipinski definition) is 1. The van der Waals surface area contributed by atoms with Crippen LogP contribution in [0.25, 0.3) is 0 Å². The monoisotopic (exact) mass is 306 g/mol. The molecular formula is C17H22O5. The molecule has 1 unspecified atom stereocenters. The van der Waals surface area contributed by atoms with Crippen LogP contribution in [0.3, 0.4) is 0 Å². The number of carbonyl (C=O) groups excluding carboxylic acids is 2. The lowest BCUT2D eigenvalue weighted by Crippen LogP contribution is -2.22. The molecule has 1 aromatic rings. The predicted molar refractivity (Wildman–Crippen MR) is 80.2 cm³/mol. The van der Waals surface area contributed by atoms with E-state index in [1.54, 1.807) is 12.1 Å². The second-order valence-electron chi connectivity index (χ2n) is 5.84. The van der Waals surface area contributed by atoms with E-state index in [2.05, 4.69) is 0 Å². The lowest BCUT2D eigenvalue weighted by molar-refractivity contribution is -0.146. The molecule has 0 heterocycles. The summed E-state index contributed by atoms with van der Waals surface area (Å²) < 4.78 is 9.75. The highest BCUT2D eigenvalue weighted by Crippen LogP contribution is 2.47. The van der Waals surface area contributed by atoms with Crippen molar-refractivity contribution in [2.45, 2.75) is 39.2 Å². The standard InChI is InChI=1S/C17H22O5/c1-10(17(20)21-3)16(12-4-5-12)13-6-7-14(15(19)8-13)9-22-11(2)18/h6-8,10,12,16,19H,4-5,9H2,1-3H3/t10-,16?/m0/s1. The first-order chi connectivity index (χ1) is 10.4. The second kappa shape index (κ2) is 6.81. The minimum Gasteiger partial charge on any atom is -0.508 e. The van der Waals surface area contributed by atoms with Gasteiger partial charge in [-0.2, -0.15) is 0 Å². The Kier molecular flexibility index (Phi) is 5.06. The second-order valence-corrected chi connectivity index (χ2v) is 5.84. The van der Waals surface area contributed by atoms with Crippen molar-refractivity contribution in [2.75, 3.05) is 7.11 Å². The van der Waals surface area contributed by atoms with E-state index in [4.69, 9.17) is 9.47 Å². The maximum Gasteiger partial charge on any atom is 0.309 e. The Morgan fingerprint density at radius 1 is 1.36 bits per heavy atom. The number of rotatable bonds is 6. The lowest BCUT2D eigenvalue weighted by Gasteiger charge is -2.23. The minimum absolute atomic E-state index is 0.0427. The van der Waals surface area contributed by atoms with Crippen LogP contribution in [-0.2, 0) is 25.7 Å². The Labute approximate surface area is 130 Å². The molecule has 1 N–H and O–H groups in total. The summed E-state index contributed by atoms with van der Waals surface area (Å²) in [6.07, 6.45) is 2.17. The van der Waals surface area contributed by atoms with Crippen LogP contribution in [-0.4, -0.2) is 24.2 Å². The number of phenolic OH excluding ortho intramolecular Hbond substituents is 1. The molecule has 1 aromatic carbocycles. The van der Waals surface area contributed by atoms with Crippen molar-refractivity contribution >= 4 is 11.9 Å². The van der Waals surface area contributed by atoms with Gasteiger partial charge in [0.15, 0.2) is 0 Å². The molecule has 1 aliphatic rings. The average molecular weight is 306 g/mol. The highest BCUT2D eigenvalue weighted by Gasteiger charge is 2.39. The number of esters is 2. The van der Waals surface area contributed by atoms with Gasteiger partial charge in [-0.15, -0.1) is 0 Å². The number of methoxy groups -OCH3 is 1. The van der Waals surface area contributed by atoms with Gasteiger partial charge in [-0.25, -0.2) is 0 Å². The van der Waals surface area contributed by atoms with Crippen molar-refractivity contribution in [2.24, 2.45) is 11.8 Å². The lowest BCUT2D eigenvalue weighted by atomic mass is 9.83. The molecule has 5 heteroatoms. The summed E-state index contributed by atoms with van der Waals surface area (Å²) in [7, 11) is 1.39. The van der Waals surface area contributed by atoms with Crippen LogP contribution in [0.5, 0.6) is 5.75 Å². The van der Waals surface area contributed by atoms with Crippen molar-refractivity contribution < 1.29 is 24.2 Å². The largest absolute Gasteiger partial charge is 0.508 e. The zero-order valence-corrected chi connectivity index (χ0v) is 13.2. The van der Waals surface area contributed by atoms with Gasteiger partial charge in [0.05, 0.1) is 13.0 Å². The zero-order chi connectivity index (χ0) is 16.3. The molecule has 0 aromatic heterocycles. The molecule has 0 bridgehead atoms. The van der Waals surface area contributed by atoms with Crippen LogP contribution in [0.2, 0.25) is 0 Å². The predicted octanol–water partition coefficient (Wildman–Crippen LogP) is 2.76. The van der Waals surface area contributed by atoms with E-state index in [1.807, 2.05) is 13.0 Å². The first kappa shape index (κ1) is 16.3. The van der Waals surface area contributed by atoms with Crippen molar-refractivity contribution in [1.29, 1.82) is 0 Å². The summed E-state index contributed by atoms with van der Waals surface area (Å²) in [6.45, 7) is 3.23. The molecule has 2 atom stereocenters. The average Bonchev–Trinajstić information content (AvgIpc) is 3.30. The highest BCUT2D eigenvalue weighted by molar-refractivity contribution is 5.73. The van der Waals surface area contributed by atoms with Crippen molar-refractivity contribution in [3.05, 3.63) is 29.3 Å². The Hall–Kier alpha value is -2.04. The molecule has 5 nitrogen and oxygen atoms in total. The summed E-state index contributed by atoms with van der Waals surface area (Å²) in [5, 5.41) is 10.1. The molecule has 2 rings (SSSR count). The molecule has 1 saturated carbocycles. The van der Waals surface area contributed by atoms with E-state index < -0.39 is 5.97 Å². The zero-order valence-electron chi connectivity index (χ0n) is 13.2. The topological polar surface area (TPSA) is 72.8 Å². The van der Waals surface area contributed by atoms with Gasteiger partial charge in [0, 0.05) is 12.5 Å². The molecule has 120 valence electrons. The summed E-state index contributed by atoms with van der Waals surface area (Å²) in [5.41, 5.74) is 1.48. The van der Waals surface area contributed by atoms with Gasteiger partial charge in [0.2, 0.25) is 0 Å². The van der Waals surface area contributed by atoms with Crippen molar-refractivity contribution in [1.82, 2.24) is 0 Å². The number of carbonyl (C=O) groups is 2. The van der Waals surface area contributed by atoms with Crippen LogP contribution in [0, 0.1) is 11.8 Å². The van der Waals surface area contributed by atoms with Crippen LogP contribution in [0.15, 0.2) is 18.2 Å². The van der Waals surface area contributed by atoms with Gasteiger partial charge in [0.1, 0.15) is 12.4 Å².